The molecule has 2 N–H and O–H groups in total. The van der Waals surface area contributed by atoms with Crippen LogP contribution in [0.4, 0.5) is 0 Å². The number of hydrogen-bond donors (Lipinski definition) is 1. The average molecular weight is 276 g/mol. The first-order valence-corrected chi connectivity index (χ1v) is 6.54. The minimum Gasteiger partial charge on any atom is -0.393 e. The summed E-state index contributed by atoms with van der Waals surface area (Å²) in [6.07, 6.45) is 0.802. The first-order chi connectivity index (χ1) is 8.66. The van der Waals surface area contributed by atoms with Crippen LogP contribution in [-0.4, -0.2) is 4.99 Å². The standard InChI is InChI=1S/C15H14ClNS/c16-13-8-6-11(7-9-13)10-14(15(17)18)12-4-2-1-3-5-12/h1-9,14H,10H2,(H2,17,18). The zero-order valence-electron chi connectivity index (χ0n) is 9.84. The molecule has 0 saturated carbocycles. The highest BCUT2D eigenvalue weighted by Crippen LogP contribution is 2.22. The Bertz CT molecular complexity index is 522. The van der Waals surface area contributed by atoms with Gasteiger partial charge in [0.15, 0.2) is 0 Å². The lowest BCUT2D eigenvalue weighted by atomic mass is 9.92. The molecule has 1 atom stereocenters. The SMILES string of the molecule is NC(=S)C(Cc1ccc(Cl)cc1)c1ccccc1. The molecule has 0 aromatic heterocycles. The second-order valence-electron chi connectivity index (χ2n) is 4.20. The minimum atomic E-state index is 0.0716. The van der Waals surface area contributed by atoms with E-state index < -0.39 is 0 Å². The van der Waals surface area contributed by atoms with Gasteiger partial charge in [0.2, 0.25) is 0 Å². The molecule has 1 nitrogen and oxygen atoms in total. The highest BCUT2D eigenvalue weighted by atomic mass is 35.5. The largest absolute Gasteiger partial charge is 0.393 e. The molecule has 0 saturated heterocycles. The van der Waals surface area contributed by atoms with Crippen LogP contribution < -0.4 is 5.73 Å². The average Bonchev–Trinajstić information content (AvgIpc) is 2.38. The normalized spacial score (nSPS) is 12.1. The van der Waals surface area contributed by atoms with Crippen LogP contribution in [0.5, 0.6) is 0 Å². The third-order valence-electron chi connectivity index (χ3n) is 2.90. The Labute approximate surface area is 118 Å². The van der Waals surface area contributed by atoms with E-state index in [1.165, 1.54) is 5.56 Å². The molecule has 0 fully saturated rings. The molecule has 0 radical (unpaired) electrons. The molecule has 2 aromatic rings. The molecule has 2 rings (SSSR count). The second kappa shape index (κ2) is 5.98. The van der Waals surface area contributed by atoms with E-state index >= 15 is 0 Å². The van der Waals surface area contributed by atoms with Gasteiger partial charge in [-0.3, -0.25) is 0 Å². The highest BCUT2D eigenvalue weighted by molar-refractivity contribution is 7.80. The Balaban J connectivity index is 2.22. The number of thiocarbonyl (C=S) groups is 1. The lowest BCUT2D eigenvalue weighted by Gasteiger charge is -2.16. The molecular weight excluding hydrogens is 262 g/mol. The first-order valence-electron chi connectivity index (χ1n) is 5.75. The zero-order valence-corrected chi connectivity index (χ0v) is 11.4. The molecule has 18 heavy (non-hydrogen) atoms. The molecule has 92 valence electrons. The van der Waals surface area contributed by atoms with Crippen molar-refractivity contribution in [2.75, 3.05) is 0 Å². The van der Waals surface area contributed by atoms with E-state index in [0.29, 0.717) is 4.99 Å². The molecule has 3 heteroatoms. The van der Waals surface area contributed by atoms with Crippen LogP contribution >= 0.6 is 23.8 Å². The summed E-state index contributed by atoms with van der Waals surface area (Å²) in [7, 11) is 0. The molecule has 0 bridgehead atoms. The topological polar surface area (TPSA) is 26.0 Å². The maximum absolute atomic E-state index is 5.88. The fourth-order valence-electron chi connectivity index (χ4n) is 1.92. The summed E-state index contributed by atoms with van der Waals surface area (Å²) in [5.74, 6) is 0.0716. The van der Waals surface area contributed by atoms with Crippen LogP contribution in [0.1, 0.15) is 17.0 Å². The smallest absolute Gasteiger partial charge is 0.0806 e. The van der Waals surface area contributed by atoms with Gasteiger partial charge in [0, 0.05) is 10.9 Å². The Hall–Kier alpha value is -1.38. The second-order valence-corrected chi connectivity index (χ2v) is 5.10. The Morgan fingerprint density at radius 3 is 2.22 bits per heavy atom. The van der Waals surface area contributed by atoms with Crippen LogP contribution in [-0.2, 0) is 6.42 Å². The van der Waals surface area contributed by atoms with Crippen LogP contribution in [0, 0.1) is 0 Å². The van der Waals surface area contributed by atoms with E-state index in [2.05, 4.69) is 12.1 Å². The number of hydrogen-bond acceptors (Lipinski definition) is 1. The molecule has 0 heterocycles. The van der Waals surface area contributed by atoms with Crippen molar-refractivity contribution in [2.24, 2.45) is 5.73 Å². The van der Waals surface area contributed by atoms with E-state index in [1.807, 2.05) is 42.5 Å². The van der Waals surface area contributed by atoms with Crippen molar-refractivity contribution in [3.63, 3.8) is 0 Å². The maximum Gasteiger partial charge on any atom is 0.0806 e. The van der Waals surface area contributed by atoms with Gasteiger partial charge in [-0.1, -0.05) is 66.3 Å². The summed E-state index contributed by atoms with van der Waals surface area (Å²) < 4.78 is 0. The third-order valence-corrected chi connectivity index (χ3v) is 3.43. The van der Waals surface area contributed by atoms with Gasteiger partial charge in [-0.25, -0.2) is 0 Å². The van der Waals surface area contributed by atoms with Crippen LogP contribution in [0.3, 0.4) is 0 Å². The number of rotatable bonds is 4. The van der Waals surface area contributed by atoms with Crippen LogP contribution in [0.15, 0.2) is 54.6 Å². The molecule has 0 spiro atoms. The predicted molar refractivity (Wildman–Crippen MR) is 81.1 cm³/mol. The molecule has 0 aliphatic rings. The van der Waals surface area contributed by atoms with Crippen molar-refractivity contribution in [1.82, 2.24) is 0 Å². The van der Waals surface area contributed by atoms with Crippen molar-refractivity contribution in [1.29, 1.82) is 0 Å². The van der Waals surface area contributed by atoms with Crippen molar-refractivity contribution in [3.05, 3.63) is 70.7 Å². The minimum absolute atomic E-state index is 0.0716. The summed E-state index contributed by atoms with van der Waals surface area (Å²) in [6.45, 7) is 0. The molecule has 1 unspecified atom stereocenters. The summed E-state index contributed by atoms with van der Waals surface area (Å²) in [4.78, 5) is 0.524. The predicted octanol–water partition coefficient (Wildman–Crippen LogP) is 3.95. The first kappa shape index (κ1) is 13.1. The van der Waals surface area contributed by atoms with Gasteiger partial charge >= 0.3 is 0 Å². The highest BCUT2D eigenvalue weighted by Gasteiger charge is 2.14. The van der Waals surface area contributed by atoms with Crippen molar-refractivity contribution < 1.29 is 0 Å². The summed E-state index contributed by atoms with van der Waals surface area (Å²) in [5.41, 5.74) is 8.19. The van der Waals surface area contributed by atoms with Gasteiger partial charge in [-0.2, -0.15) is 0 Å². The van der Waals surface area contributed by atoms with Crippen molar-refractivity contribution in [2.45, 2.75) is 12.3 Å². The maximum atomic E-state index is 5.88. The summed E-state index contributed by atoms with van der Waals surface area (Å²) >= 11 is 11.1. The Morgan fingerprint density at radius 2 is 1.67 bits per heavy atom. The number of nitrogens with two attached hydrogens (primary N) is 1. The summed E-state index contributed by atoms with van der Waals surface area (Å²) in [6, 6.07) is 17.9. The third kappa shape index (κ3) is 3.31. The fraction of sp³-hybridized carbons (Fsp3) is 0.133. The van der Waals surface area contributed by atoms with Crippen molar-refractivity contribution >= 4 is 28.8 Å². The van der Waals surface area contributed by atoms with Crippen LogP contribution in [0.2, 0.25) is 5.02 Å². The van der Waals surface area contributed by atoms with Gasteiger partial charge in [-0.15, -0.1) is 0 Å². The molecule has 0 aliphatic heterocycles. The summed E-state index contributed by atoms with van der Waals surface area (Å²) in [5, 5.41) is 0.741. The van der Waals surface area contributed by atoms with Crippen LogP contribution in [0.25, 0.3) is 0 Å². The van der Waals surface area contributed by atoms with Gasteiger partial charge in [-0.05, 0) is 29.7 Å². The molecule has 2 aromatic carbocycles. The zero-order chi connectivity index (χ0) is 13.0. The van der Waals surface area contributed by atoms with Gasteiger partial charge in [0.25, 0.3) is 0 Å². The lowest BCUT2D eigenvalue weighted by molar-refractivity contribution is 0.881. The van der Waals surface area contributed by atoms with E-state index in [-0.39, 0.29) is 5.92 Å². The molecule has 0 aliphatic carbocycles. The Morgan fingerprint density at radius 1 is 1.06 bits per heavy atom. The van der Waals surface area contributed by atoms with Gasteiger partial charge in [0.1, 0.15) is 0 Å². The Kier molecular flexibility index (Phi) is 4.34. The number of benzene rings is 2. The number of halogens is 1. The van der Waals surface area contributed by atoms with Gasteiger partial charge < -0.3 is 5.73 Å². The van der Waals surface area contributed by atoms with Gasteiger partial charge in [0.05, 0.1) is 4.99 Å². The quantitative estimate of drug-likeness (QED) is 0.855. The fourth-order valence-corrected chi connectivity index (χ4v) is 2.27. The van der Waals surface area contributed by atoms with E-state index in [1.54, 1.807) is 0 Å². The monoisotopic (exact) mass is 275 g/mol. The molecule has 0 amide bonds. The van der Waals surface area contributed by atoms with E-state index in [9.17, 15) is 0 Å². The van der Waals surface area contributed by atoms with Crippen molar-refractivity contribution in [3.8, 4) is 0 Å². The molecular formula is C15H14ClNS. The van der Waals surface area contributed by atoms with E-state index in [0.717, 1.165) is 17.0 Å². The van der Waals surface area contributed by atoms with E-state index in [4.69, 9.17) is 29.6 Å². The lowest BCUT2D eigenvalue weighted by Crippen LogP contribution is -2.21.